The van der Waals surface area contributed by atoms with Gasteiger partial charge < -0.3 is 20.1 Å². The molecule has 0 fully saturated rings. The van der Waals surface area contributed by atoms with Crippen LogP contribution in [0, 0.1) is 5.82 Å². The van der Waals surface area contributed by atoms with E-state index < -0.39 is 28.8 Å². The van der Waals surface area contributed by atoms with Gasteiger partial charge in [-0.1, -0.05) is 31.7 Å². The van der Waals surface area contributed by atoms with E-state index >= 15 is 0 Å². The average Bonchev–Trinajstić information content (AvgIpc) is 2.81. The molecular formula is C24H29FN4O5. The van der Waals surface area contributed by atoms with E-state index in [1.165, 1.54) is 34.0 Å². The van der Waals surface area contributed by atoms with Crippen LogP contribution in [0.5, 0.6) is 11.5 Å². The van der Waals surface area contributed by atoms with Crippen molar-refractivity contribution in [3.05, 3.63) is 57.3 Å². The molecule has 1 aromatic carbocycles. The molecule has 0 spiro atoms. The fraction of sp³-hybridized carbons (Fsp3) is 0.458. The van der Waals surface area contributed by atoms with Crippen LogP contribution in [0.25, 0.3) is 0 Å². The predicted octanol–water partition coefficient (Wildman–Crippen LogP) is 2.34. The second-order valence-corrected chi connectivity index (χ2v) is 8.69. The maximum atomic E-state index is 13.8. The zero-order chi connectivity index (χ0) is 24.2. The second kappa shape index (κ2) is 10.1. The lowest BCUT2D eigenvalue weighted by atomic mass is 10.1. The maximum Gasteiger partial charge on any atom is 0.277 e. The lowest BCUT2D eigenvalue weighted by molar-refractivity contribution is 0.0730. The van der Waals surface area contributed by atoms with Gasteiger partial charge in [-0.15, -0.1) is 0 Å². The molecular weight excluding hydrogens is 443 g/mol. The first-order valence-electron chi connectivity index (χ1n) is 11.6. The number of rotatable bonds is 0. The van der Waals surface area contributed by atoms with Crippen LogP contribution in [0.3, 0.4) is 0 Å². The van der Waals surface area contributed by atoms with Crippen LogP contribution in [0.15, 0.2) is 29.2 Å². The van der Waals surface area contributed by atoms with Gasteiger partial charge in [-0.25, -0.2) is 4.39 Å². The Bertz CT molecular complexity index is 1150. The van der Waals surface area contributed by atoms with Gasteiger partial charge in [0.2, 0.25) is 5.43 Å². The van der Waals surface area contributed by atoms with E-state index in [4.69, 9.17) is 4.74 Å². The third kappa shape index (κ3) is 4.85. The number of nitrogens with one attached hydrogen (secondary N) is 1. The molecule has 2 aliphatic rings. The summed E-state index contributed by atoms with van der Waals surface area (Å²) in [5.41, 5.74) is -0.790. The third-order valence-electron chi connectivity index (χ3n) is 6.18. The number of nitrogens with zero attached hydrogens (tertiary/aromatic N) is 3. The molecule has 1 aromatic heterocycles. The van der Waals surface area contributed by atoms with E-state index in [1.807, 2.05) is 5.01 Å². The molecule has 0 saturated heterocycles. The SMILES string of the molecule is CN1CN2CCCCCCCCOc3cc(F)ccc3CNC(=O)c3cn2c(c(O)c3=O)C1=O. The molecule has 3 heterocycles. The first-order valence-corrected chi connectivity index (χ1v) is 11.6. The summed E-state index contributed by atoms with van der Waals surface area (Å²) in [6.45, 7) is 1.31. The second-order valence-electron chi connectivity index (χ2n) is 8.69. The summed E-state index contributed by atoms with van der Waals surface area (Å²) in [7, 11) is 1.60. The van der Waals surface area contributed by atoms with Crippen molar-refractivity contribution in [2.45, 2.75) is 45.1 Å². The summed E-state index contributed by atoms with van der Waals surface area (Å²) in [4.78, 5) is 39.8. The molecule has 2 aliphatic heterocycles. The fourth-order valence-electron chi connectivity index (χ4n) is 4.27. The molecule has 0 atom stereocenters. The van der Waals surface area contributed by atoms with Crippen molar-refractivity contribution in [1.29, 1.82) is 0 Å². The predicted molar refractivity (Wildman–Crippen MR) is 123 cm³/mol. The molecule has 34 heavy (non-hydrogen) atoms. The quantitative estimate of drug-likeness (QED) is 0.610. The van der Waals surface area contributed by atoms with Crippen molar-refractivity contribution >= 4 is 11.8 Å². The Kier molecular flexibility index (Phi) is 7.04. The van der Waals surface area contributed by atoms with Crippen LogP contribution in [-0.2, 0) is 6.54 Å². The van der Waals surface area contributed by atoms with Crippen LogP contribution in [-0.4, -0.2) is 53.4 Å². The van der Waals surface area contributed by atoms with E-state index in [1.54, 1.807) is 7.05 Å². The van der Waals surface area contributed by atoms with Gasteiger partial charge in [0.15, 0.2) is 11.4 Å². The Morgan fingerprint density at radius 3 is 2.59 bits per heavy atom. The largest absolute Gasteiger partial charge is 0.502 e. The summed E-state index contributed by atoms with van der Waals surface area (Å²) in [5.74, 6) is -2.06. The highest BCUT2D eigenvalue weighted by Crippen LogP contribution is 2.23. The van der Waals surface area contributed by atoms with Gasteiger partial charge in [-0.3, -0.25) is 24.1 Å². The number of pyridine rings is 1. The van der Waals surface area contributed by atoms with Crippen LogP contribution in [0.2, 0.25) is 0 Å². The van der Waals surface area contributed by atoms with E-state index in [0.29, 0.717) is 24.5 Å². The highest BCUT2D eigenvalue weighted by atomic mass is 19.1. The van der Waals surface area contributed by atoms with Gasteiger partial charge in [-0.2, -0.15) is 0 Å². The van der Waals surface area contributed by atoms with Crippen molar-refractivity contribution in [2.75, 3.05) is 31.9 Å². The number of aromatic nitrogens is 1. The average molecular weight is 473 g/mol. The highest BCUT2D eigenvalue weighted by Gasteiger charge is 2.32. The van der Waals surface area contributed by atoms with Crippen molar-refractivity contribution < 1.29 is 23.8 Å². The van der Waals surface area contributed by atoms with Gasteiger partial charge in [0.1, 0.15) is 23.8 Å². The number of hydrogen-bond acceptors (Lipinski definition) is 6. The number of amides is 2. The normalized spacial score (nSPS) is 17.8. The van der Waals surface area contributed by atoms with Crippen molar-refractivity contribution in [2.24, 2.45) is 0 Å². The molecule has 0 unspecified atom stereocenters. The zero-order valence-corrected chi connectivity index (χ0v) is 19.2. The topological polar surface area (TPSA) is 104 Å². The van der Waals surface area contributed by atoms with Crippen molar-refractivity contribution in [3.8, 4) is 11.5 Å². The van der Waals surface area contributed by atoms with Gasteiger partial charge in [0.05, 0.1) is 6.61 Å². The minimum atomic E-state index is -0.919. The minimum Gasteiger partial charge on any atom is -0.502 e. The first kappa shape index (κ1) is 23.6. The molecule has 0 aliphatic carbocycles. The zero-order valence-electron chi connectivity index (χ0n) is 19.2. The Morgan fingerprint density at radius 2 is 1.79 bits per heavy atom. The Balaban J connectivity index is 1.69. The van der Waals surface area contributed by atoms with E-state index in [0.717, 1.165) is 38.5 Å². The monoisotopic (exact) mass is 472 g/mol. The summed E-state index contributed by atoms with van der Waals surface area (Å²) in [5, 5.41) is 15.1. The molecule has 0 radical (unpaired) electrons. The van der Waals surface area contributed by atoms with Crippen molar-refractivity contribution in [3.63, 3.8) is 0 Å². The number of ether oxygens (including phenoxy) is 1. The summed E-state index contributed by atoms with van der Waals surface area (Å²) in [6.07, 6.45) is 7.03. The fourth-order valence-corrected chi connectivity index (χ4v) is 4.27. The smallest absolute Gasteiger partial charge is 0.277 e. The number of aromatic hydroxyl groups is 1. The summed E-state index contributed by atoms with van der Waals surface area (Å²) < 4.78 is 21.0. The van der Waals surface area contributed by atoms with Crippen LogP contribution in [0.1, 0.15) is 64.9 Å². The first-order chi connectivity index (χ1) is 16.4. The number of carbonyl (C=O) groups excluding carboxylic acids is 2. The van der Waals surface area contributed by atoms with E-state index in [-0.39, 0.29) is 24.5 Å². The Hall–Kier alpha value is -3.56. The molecule has 182 valence electrons. The molecule has 2 aromatic rings. The van der Waals surface area contributed by atoms with Gasteiger partial charge in [0, 0.05) is 38.0 Å². The molecule has 0 saturated carbocycles. The lowest BCUT2D eigenvalue weighted by Crippen LogP contribution is -2.53. The number of hydrogen-bond donors (Lipinski definition) is 2. The minimum absolute atomic E-state index is 0.00177. The van der Waals surface area contributed by atoms with E-state index in [9.17, 15) is 23.9 Å². The Morgan fingerprint density at radius 1 is 1.06 bits per heavy atom. The van der Waals surface area contributed by atoms with Gasteiger partial charge in [0.25, 0.3) is 11.8 Å². The van der Waals surface area contributed by atoms with Crippen LogP contribution in [0.4, 0.5) is 4.39 Å². The van der Waals surface area contributed by atoms with Gasteiger partial charge in [-0.05, 0) is 18.9 Å². The Labute approximate surface area is 196 Å². The van der Waals surface area contributed by atoms with Crippen LogP contribution < -0.4 is 20.5 Å². The lowest BCUT2D eigenvalue weighted by Gasteiger charge is -2.38. The highest BCUT2D eigenvalue weighted by molar-refractivity contribution is 5.99. The number of benzene rings is 1. The molecule has 2 N–H and O–H groups in total. The standard InChI is InChI=1S/C24H29FN4O5/c1-27-15-28-10-6-4-2-3-5-7-11-34-19-12-17(25)9-8-16(19)13-26-23(32)18-14-29(28)20(24(27)33)22(31)21(18)30/h8-9,12,14,31H,2-7,10-11,13,15H2,1H3,(H,26,32). The van der Waals surface area contributed by atoms with E-state index in [2.05, 4.69) is 5.32 Å². The molecule has 2 bridgehead atoms. The summed E-state index contributed by atoms with van der Waals surface area (Å²) >= 11 is 0. The molecule has 2 amide bonds. The number of fused-ring (bicyclic) bond motifs is 2. The van der Waals surface area contributed by atoms with Crippen LogP contribution >= 0.6 is 0 Å². The third-order valence-corrected chi connectivity index (χ3v) is 6.18. The molecule has 4 rings (SSSR count). The molecule has 9 nitrogen and oxygen atoms in total. The van der Waals surface area contributed by atoms with Crippen molar-refractivity contribution in [1.82, 2.24) is 14.9 Å². The maximum absolute atomic E-state index is 13.8. The summed E-state index contributed by atoms with van der Waals surface area (Å²) in [6, 6.07) is 4.08. The van der Waals surface area contributed by atoms with Gasteiger partial charge >= 0.3 is 0 Å². The molecule has 10 heteroatoms. The number of halogens is 1. The number of carbonyl (C=O) groups is 2.